The molecule has 2 rings (SSSR count). The van der Waals surface area contributed by atoms with Crippen LogP contribution in [0.4, 0.5) is 11.4 Å². The van der Waals surface area contributed by atoms with Crippen LogP contribution in [0.5, 0.6) is 5.75 Å². The van der Waals surface area contributed by atoms with E-state index in [4.69, 9.17) is 4.74 Å². The van der Waals surface area contributed by atoms with E-state index in [2.05, 4.69) is 17.1 Å². The molecule has 0 radical (unpaired) electrons. The lowest BCUT2D eigenvalue weighted by molar-refractivity contribution is -0.384. The van der Waals surface area contributed by atoms with Crippen molar-refractivity contribution in [2.45, 2.75) is 26.3 Å². The van der Waals surface area contributed by atoms with Crippen molar-refractivity contribution >= 4 is 11.4 Å². The molecule has 1 saturated heterocycles. The lowest BCUT2D eigenvalue weighted by Crippen LogP contribution is -2.57. The third-order valence-electron chi connectivity index (χ3n) is 3.39. The van der Waals surface area contributed by atoms with E-state index in [9.17, 15) is 10.1 Å². The number of nitro groups is 1. The first-order valence-corrected chi connectivity index (χ1v) is 7.05. The van der Waals surface area contributed by atoms with Gasteiger partial charge in [-0.2, -0.15) is 0 Å². The Balaban J connectivity index is 2.33. The Kier molecular flexibility index (Phi) is 4.79. The standard InChI is InChI=1S/C14H21N3O3/c1-3-5-16(13-9-15-10-13)11-6-12(17(18)19)8-14(7-11)20-4-2/h6-8,13,15H,3-5,9-10H2,1-2H3. The molecule has 1 aliphatic rings. The molecule has 1 aromatic rings. The zero-order valence-electron chi connectivity index (χ0n) is 12.0. The molecular formula is C14H21N3O3. The van der Waals surface area contributed by atoms with Crippen LogP contribution in [0.2, 0.25) is 0 Å². The predicted octanol–water partition coefficient (Wildman–Crippen LogP) is 2.18. The smallest absolute Gasteiger partial charge is 0.275 e. The highest BCUT2D eigenvalue weighted by atomic mass is 16.6. The Morgan fingerprint density at radius 1 is 1.40 bits per heavy atom. The molecule has 0 saturated carbocycles. The predicted molar refractivity (Wildman–Crippen MR) is 78.6 cm³/mol. The normalized spacial score (nSPS) is 14.7. The van der Waals surface area contributed by atoms with Gasteiger partial charge >= 0.3 is 0 Å². The number of nitrogens with zero attached hydrogens (tertiary/aromatic N) is 2. The molecule has 0 amide bonds. The van der Waals surface area contributed by atoms with E-state index in [1.54, 1.807) is 6.07 Å². The van der Waals surface area contributed by atoms with Crippen molar-refractivity contribution in [2.24, 2.45) is 0 Å². The first-order valence-electron chi connectivity index (χ1n) is 7.05. The molecule has 1 fully saturated rings. The lowest BCUT2D eigenvalue weighted by atomic mass is 10.1. The molecule has 6 heteroatoms. The zero-order chi connectivity index (χ0) is 14.5. The highest BCUT2D eigenvalue weighted by molar-refractivity contribution is 5.59. The molecule has 0 unspecified atom stereocenters. The van der Waals surface area contributed by atoms with Crippen molar-refractivity contribution in [3.63, 3.8) is 0 Å². The summed E-state index contributed by atoms with van der Waals surface area (Å²) in [5, 5.41) is 14.3. The van der Waals surface area contributed by atoms with Gasteiger partial charge in [-0.15, -0.1) is 0 Å². The van der Waals surface area contributed by atoms with Gasteiger partial charge in [-0.05, 0) is 13.3 Å². The third kappa shape index (κ3) is 3.19. The average Bonchev–Trinajstić information content (AvgIpc) is 2.36. The summed E-state index contributed by atoms with van der Waals surface area (Å²) in [7, 11) is 0. The fraction of sp³-hybridized carbons (Fsp3) is 0.571. The largest absolute Gasteiger partial charge is 0.494 e. The number of ether oxygens (including phenoxy) is 1. The zero-order valence-corrected chi connectivity index (χ0v) is 12.0. The maximum absolute atomic E-state index is 11.1. The van der Waals surface area contributed by atoms with Gasteiger partial charge in [-0.1, -0.05) is 6.92 Å². The molecule has 1 N–H and O–H groups in total. The van der Waals surface area contributed by atoms with Crippen LogP contribution in [0.25, 0.3) is 0 Å². The summed E-state index contributed by atoms with van der Waals surface area (Å²) in [5.41, 5.74) is 0.954. The Hall–Kier alpha value is -1.82. The minimum atomic E-state index is -0.366. The molecule has 110 valence electrons. The number of non-ortho nitro benzene ring substituents is 1. The van der Waals surface area contributed by atoms with Gasteiger partial charge in [0, 0.05) is 37.5 Å². The number of hydrogen-bond acceptors (Lipinski definition) is 5. The summed E-state index contributed by atoms with van der Waals surface area (Å²) in [6.07, 6.45) is 1.00. The summed E-state index contributed by atoms with van der Waals surface area (Å²) >= 11 is 0. The van der Waals surface area contributed by atoms with Crippen LogP contribution < -0.4 is 15.0 Å². The van der Waals surface area contributed by atoms with Gasteiger partial charge in [-0.3, -0.25) is 10.1 Å². The van der Waals surface area contributed by atoms with Gasteiger partial charge in [-0.25, -0.2) is 0 Å². The second kappa shape index (κ2) is 6.56. The first-order chi connectivity index (χ1) is 9.65. The summed E-state index contributed by atoms with van der Waals surface area (Å²) in [5.74, 6) is 0.560. The Morgan fingerprint density at radius 2 is 2.15 bits per heavy atom. The van der Waals surface area contributed by atoms with Crippen molar-refractivity contribution in [3.8, 4) is 5.75 Å². The van der Waals surface area contributed by atoms with E-state index in [0.717, 1.165) is 31.7 Å². The fourth-order valence-corrected chi connectivity index (χ4v) is 2.35. The second-order valence-electron chi connectivity index (χ2n) is 4.88. The van der Waals surface area contributed by atoms with Crippen LogP contribution in [0.15, 0.2) is 18.2 Å². The molecule has 0 bridgehead atoms. The van der Waals surface area contributed by atoms with E-state index in [1.807, 2.05) is 13.0 Å². The van der Waals surface area contributed by atoms with Gasteiger partial charge in [0.15, 0.2) is 0 Å². The molecule has 0 atom stereocenters. The number of benzene rings is 1. The van der Waals surface area contributed by atoms with E-state index in [0.29, 0.717) is 18.4 Å². The monoisotopic (exact) mass is 279 g/mol. The molecule has 0 aromatic heterocycles. The molecule has 0 aliphatic carbocycles. The molecule has 1 aromatic carbocycles. The highest BCUT2D eigenvalue weighted by Gasteiger charge is 2.26. The Morgan fingerprint density at radius 3 is 2.65 bits per heavy atom. The minimum Gasteiger partial charge on any atom is -0.494 e. The first kappa shape index (κ1) is 14.6. The van der Waals surface area contributed by atoms with Crippen LogP contribution in [-0.4, -0.2) is 37.2 Å². The van der Waals surface area contributed by atoms with Crippen LogP contribution in [0, 0.1) is 10.1 Å². The van der Waals surface area contributed by atoms with Crippen LogP contribution >= 0.6 is 0 Å². The lowest BCUT2D eigenvalue weighted by Gasteiger charge is -2.39. The number of anilines is 1. The molecular weight excluding hydrogens is 258 g/mol. The summed E-state index contributed by atoms with van der Waals surface area (Å²) < 4.78 is 5.45. The van der Waals surface area contributed by atoms with Gasteiger partial charge < -0.3 is 15.0 Å². The third-order valence-corrected chi connectivity index (χ3v) is 3.39. The summed E-state index contributed by atoms with van der Waals surface area (Å²) in [6, 6.07) is 5.42. The topological polar surface area (TPSA) is 67.6 Å². The number of nitro benzene ring substituents is 1. The van der Waals surface area contributed by atoms with Gasteiger partial charge in [0.25, 0.3) is 5.69 Å². The summed E-state index contributed by atoms with van der Waals surface area (Å²) in [6.45, 7) is 7.22. The quantitative estimate of drug-likeness (QED) is 0.612. The maximum Gasteiger partial charge on any atom is 0.275 e. The second-order valence-corrected chi connectivity index (χ2v) is 4.88. The number of hydrogen-bond donors (Lipinski definition) is 1. The Labute approximate surface area is 118 Å². The fourth-order valence-electron chi connectivity index (χ4n) is 2.35. The van der Waals surface area contributed by atoms with E-state index in [-0.39, 0.29) is 10.6 Å². The molecule has 0 spiro atoms. The maximum atomic E-state index is 11.1. The van der Waals surface area contributed by atoms with E-state index >= 15 is 0 Å². The molecule has 1 heterocycles. The van der Waals surface area contributed by atoms with Crippen molar-refractivity contribution in [1.82, 2.24) is 5.32 Å². The van der Waals surface area contributed by atoms with Crippen LogP contribution in [0.3, 0.4) is 0 Å². The molecule has 6 nitrogen and oxygen atoms in total. The van der Waals surface area contributed by atoms with Gasteiger partial charge in [0.1, 0.15) is 5.75 Å². The molecule has 20 heavy (non-hydrogen) atoms. The number of rotatable bonds is 7. The minimum absolute atomic E-state index is 0.0827. The van der Waals surface area contributed by atoms with Crippen molar-refractivity contribution in [1.29, 1.82) is 0 Å². The van der Waals surface area contributed by atoms with Crippen molar-refractivity contribution < 1.29 is 9.66 Å². The van der Waals surface area contributed by atoms with Gasteiger partial charge in [0.2, 0.25) is 0 Å². The summed E-state index contributed by atoms with van der Waals surface area (Å²) in [4.78, 5) is 12.9. The SMILES string of the molecule is CCCN(c1cc(OCC)cc([N+](=O)[O-])c1)C1CNC1. The van der Waals surface area contributed by atoms with E-state index < -0.39 is 0 Å². The van der Waals surface area contributed by atoms with Crippen molar-refractivity contribution in [3.05, 3.63) is 28.3 Å². The van der Waals surface area contributed by atoms with Crippen molar-refractivity contribution in [2.75, 3.05) is 31.1 Å². The Bertz CT molecular complexity index is 475. The van der Waals surface area contributed by atoms with E-state index in [1.165, 1.54) is 6.07 Å². The number of nitrogens with one attached hydrogen (secondary N) is 1. The van der Waals surface area contributed by atoms with Crippen LogP contribution in [-0.2, 0) is 0 Å². The average molecular weight is 279 g/mol. The molecule has 1 aliphatic heterocycles. The van der Waals surface area contributed by atoms with Crippen LogP contribution in [0.1, 0.15) is 20.3 Å². The highest BCUT2D eigenvalue weighted by Crippen LogP contribution is 2.30. The van der Waals surface area contributed by atoms with Gasteiger partial charge in [0.05, 0.1) is 23.6 Å².